The van der Waals surface area contributed by atoms with Crippen molar-refractivity contribution in [2.45, 2.75) is 32.7 Å². The number of ether oxygens (including phenoxy) is 1. The molecule has 1 amide bonds. The van der Waals surface area contributed by atoms with Gasteiger partial charge in [-0.05, 0) is 19.8 Å². The third-order valence-corrected chi connectivity index (χ3v) is 4.13. The minimum atomic E-state index is -0.943. The van der Waals surface area contributed by atoms with Crippen LogP contribution in [0.3, 0.4) is 0 Å². The normalized spacial score (nSPS) is 20.1. The Balaban J connectivity index is 2.67. The fourth-order valence-electron chi connectivity index (χ4n) is 2.03. The first kappa shape index (κ1) is 15.0. The van der Waals surface area contributed by atoms with Crippen molar-refractivity contribution in [2.75, 3.05) is 19.4 Å². The number of hydrogen-bond acceptors (Lipinski definition) is 5. The van der Waals surface area contributed by atoms with Gasteiger partial charge in [0.15, 0.2) is 5.12 Å². The molecule has 1 saturated heterocycles. The first-order valence-corrected chi connectivity index (χ1v) is 6.79. The number of carbonyl (C=O) groups is 3. The van der Waals surface area contributed by atoms with Crippen LogP contribution in [-0.4, -0.2) is 46.8 Å². The molecule has 1 heterocycles. The van der Waals surface area contributed by atoms with Gasteiger partial charge >= 0.3 is 5.97 Å². The minimum absolute atomic E-state index is 0.0492. The second-order valence-corrected chi connectivity index (χ2v) is 6.12. The van der Waals surface area contributed by atoms with Crippen LogP contribution >= 0.6 is 11.8 Å². The largest absolute Gasteiger partial charge is 0.467 e. The summed E-state index contributed by atoms with van der Waals surface area (Å²) in [6, 6.07) is 0. The molecule has 18 heavy (non-hydrogen) atoms. The van der Waals surface area contributed by atoms with Crippen LogP contribution in [0.2, 0.25) is 0 Å². The molecular formula is C12H19NO4S. The molecule has 102 valence electrons. The molecule has 0 bridgehead atoms. The summed E-state index contributed by atoms with van der Waals surface area (Å²) in [6.45, 7) is 5.37. The lowest BCUT2D eigenvalue weighted by atomic mass is 10.0. The highest BCUT2D eigenvalue weighted by Crippen LogP contribution is 2.29. The molecule has 0 aromatic heterocycles. The number of nitrogens with zero attached hydrogens (tertiary/aromatic N) is 1. The zero-order valence-corrected chi connectivity index (χ0v) is 12.0. The maximum atomic E-state index is 11.9. The quantitative estimate of drug-likeness (QED) is 0.717. The lowest BCUT2D eigenvalue weighted by Gasteiger charge is -2.32. The first-order valence-electron chi connectivity index (χ1n) is 5.81. The SMILES string of the molecule is COC(=O)C(C)(C)N1CC(CSC(C)=O)CC1=O. The van der Waals surface area contributed by atoms with Crippen LogP contribution in [0.4, 0.5) is 0 Å². The van der Waals surface area contributed by atoms with E-state index in [-0.39, 0.29) is 16.9 Å². The van der Waals surface area contributed by atoms with Crippen molar-refractivity contribution < 1.29 is 19.1 Å². The Hall–Kier alpha value is -1.04. The van der Waals surface area contributed by atoms with Crippen molar-refractivity contribution in [3.05, 3.63) is 0 Å². The van der Waals surface area contributed by atoms with Crippen molar-refractivity contribution in [2.24, 2.45) is 5.92 Å². The number of rotatable bonds is 4. The van der Waals surface area contributed by atoms with Crippen molar-refractivity contribution in [1.82, 2.24) is 4.90 Å². The number of hydrogen-bond donors (Lipinski definition) is 0. The van der Waals surface area contributed by atoms with Gasteiger partial charge in [0.05, 0.1) is 7.11 Å². The van der Waals surface area contributed by atoms with E-state index in [0.29, 0.717) is 18.7 Å². The van der Waals surface area contributed by atoms with Crippen LogP contribution in [0.15, 0.2) is 0 Å². The average molecular weight is 273 g/mol. The maximum absolute atomic E-state index is 11.9. The summed E-state index contributed by atoms with van der Waals surface area (Å²) in [5.74, 6) is 0.264. The predicted octanol–water partition coefficient (Wildman–Crippen LogP) is 1.07. The van der Waals surface area contributed by atoms with Crippen molar-refractivity contribution in [1.29, 1.82) is 0 Å². The van der Waals surface area contributed by atoms with Crippen LogP contribution < -0.4 is 0 Å². The third-order valence-electron chi connectivity index (χ3n) is 3.09. The Morgan fingerprint density at radius 3 is 2.61 bits per heavy atom. The topological polar surface area (TPSA) is 63.7 Å². The van der Waals surface area contributed by atoms with Crippen molar-refractivity contribution >= 4 is 28.8 Å². The molecule has 1 fully saturated rings. The van der Waals surface area contributed by atoms with Gasteiger partial charge in [0.2, 0.25) is 5.91 Å². The first-order chi connectivity index (χ1) is 8.28. The van der Waals surface area contributed by atoms with Gasteiger partial charge in [-0.3, -0.25) is 9.59 Å². The van der Waals surface area contributed by atoms with Crippen LogP contribution in [0.1, 0.15) is 27.2 Å². The standard InChI is InChI=1S/C12H19NO4S/c1-8(14)18-7-9-5-10(15)13(6-9)12(2,3)11(16)17-4/h9H,5-7H2,1-4H3. The smallest absolute Gasteiger partial charge is 0.331 e. The van der Waals surface area contributed by atoms with Gasteiger partial charge in [0.1, 0.15) is 5.54 Å². The van der Waals surface area contributed by atoms with Gasteiger partial charge in [-0.25, -0.2) is 4.79 Å². The van der Waals surface area contributed by atoms with Gasteiger partial charge in [-0.2, -0.15) is 0 Å². The van der Waals surface area contributed by atoms with E-state index in [1.165, 1.54) is 25.8 Å². The number of methoxy groups -OCH3 is 1. The molecule has 1 atom stereocenters. The van der Waals surface area contributed by atoms with Gasteiger partial charge in [-0.15, -0.1) is 0 Å². The molecule has 0 N–H and O–H groups in total. The summed E-state index contributed by atoms with van der Waals surface area (Å²) in [5.41, 5.74) is -0.943. The monoisotopic (exact) mass is 273 g/mol. The summed E-state index contributed by atoms with van der Waals surface area (Å²) in [4.78, 5) is 36.0. The molecule has 0 aliphatic carbocycles. The van der Waals surface area contributed by atoms with Crippen LogP contribution in [-0.2, 0) is 19.1 Å². The Bertz CT molecular complexity index is 367. The Labute approximate surface area is 111 Å². The van der Waals surface area contributed by atoms with Gasteiger partial charge < -0.3 is 9.64 Å². The van der Waals surface area contributed by atoms with E-state index in [2.05, 4.69) is 0 Å². The maximum Gasteiger partial charge on any atom is 0.331 e. The molecule has 0 aromatic rings. The zero-order valence-electron chi connectivity index (χ0n) is 11.2. The summed E-state index contributed by atoms with van der Waals surface area (Å²) in [5, 5.41) is 0.0492. The van der Waals surface area contributed by atoms with E-state index in [0.717, 1.165) is 0 Å². The number of likely N-dealkylation sites (tertiary alicyclic amines) is 1. The fourth-order valence-corrected chi connectivity index (χ4v) is 2.72. The van der Waals surface area contributed by atoms with Crippen LogP contribution in [0.25, 0.3) is 0 Å². The second kappa shape index (κ2) is 5.73. The zero-order chi connectivity index (χ0) is 13.9. The fraction of sp³-hybridized carbons (Fsp3) is 0.750. The van der Waals surface area contributed by atoms with E-state index >= 15 is 0 Å². The highest BCUT2D eigenvalue weighted by atomic mass is 32.2. The van der Waals surface area contributed by atoms with Gasteiger partial charge in [0, 0.05) is 25.6 Å². The number of esters is 1. The number of amides is 1. The van der Waals surface area contributed by atoms with E-state index in [4.69, 9.17) is 4.74 Å². The molecule has 1 unspecified atom stereocenters. The summed E-state index contributed by atoms with van der Waals surface area (Å²) < 4.78 is 4.72. The van der Waals surface area contributed by atoms with E-state index in [9.17, 15) is 14.4 Å². The molecule has 0 saturated carbocycles. The molecule has 0 aromatic carbocycles. The lowest BCUT2D eigenvalue weighted by molar-refractivity contribution is -0.157. The Morgan fingerprint density at radius 2 is 2.11 bits per heavy atom. The summed E-state index contributed by atoms with van der Waals surface area (Å²) in [7, 11) is 1.31. The summed E-state index contributed by atoms with van der Waals surface area (Å²) in [6.07, 6.45) is 0.390. The summed E-state index contributed by atoms with van der Waals surface area (Å²) >= 11 is 1.22. The van der Waals surface area contributed by atoms with Crippen molar-refractivity contribution in [3.63, 3.8) is 0 Å². The van der Waals surface area contributed by atoms with E-state index in [1.54, 1.807) is 18.7 Å². The predicted molar refractivity (Wildman–Crippen MR) is 69.1 cm³/mol. The molecule has 1 rings (SSSR count). The molecule has 1 aliphatic heterocycles. The molecule has 5 nitrogen and oxygen atoms in total. The number of thioether (sulfide) groups is 1. The second-order valence-electron chi connectivity index (χ2n) is 4.93. The Kier molecular flexibility index (Phi) is 4.78. The third kappa shape index (κ3) is 3.25. The van der Waals surface area contributed by atoms with Crippen LogP contribution in [0, 0.1) is 5.92 Å². The van der Waals surface area contributed by atoms with E-state index in [1.807, 2.05) is 0 Å². The average Bonchev–Trinajstić information content (AvgIpc) is 2.67. The van der Waals surface area contributed by atoms with E-state index < -0.39 is 11.5 Å². The molecule has 0 radical (unpaired) electrons. The van der Waals surface area contributed by atoms with Crippen LogP contribution in [0.5, 0.6) is 0 Å². The molecule has 6 heteroatoms. The highest BCUT2D eigenvalue weighted by Gasteiger charge is 2.43. The Morgan fingerprint density at radius 1 is 1.50 bits per heavy atom. The molecule has 1 aliphatic rings. The highest BCUT2D eigenvalue weighted by molar-refractivity contribution is 8.13. The minimum Gasteiger partial charge on any atom is -0.467 e. The molecular weight excluding hydrogens is 254 g/mol. The molecule has 0 spiro atoms. The van der Waals surface area contributed by atoms with Gasteiger partial charge in [0.25, 0.3) is 0 Å². The van der Waals surface area contributed by atoms with Gasteiger partial charge in [-0.1, -0.05) is 11.8 Å². The van der Waals surface area contributed by atoms with Crippen molar-refractivity contribution in [3.8, 4) is 0 Å². The number of carbonyl (C=O) groups excluding carboxylic acids is 3. The lowest BCUT2D eigenvalue weighted by Crippen LogP contribution is -2.51.